The largest absolute Gasteiger partial charge is 0.322 e. The zero-order chi connectivity index (χ0) is 18.5. The van der Waals surface area contributed by atoms with Crippen molar-refractivity contribution in [2.75, 3.05) is 17.7 Å². The summed E-state index contributed by atoms with van der Waals surface area (Å²) in [6.07, 6.45) is 3.61. The third-order valence-corrected chi connectivity index (χ3v) is 3.77. The van der Waals surface area contributed by atoms with Gasteiger partial charge in [-0.05, 0) is 30.3 Å². The number of aromatic nitrogens is 1. The van der Waals surface area contributed by atoms with Crippen molar-refractivity contribution < 1.29 is 14.4 Å². The van der Waals surface area contributed by atoms with Crippen molar-refractivity contribution in [3.63, 3.8) is 0 Å². The van der Waals surface area contributed by atoms with E-state index in [9.17, 15) is 14.4 Å². The molecule has 0 aliphatic carbocycles. The van der Waals surface area contributed by atoms with Crippen molar-refractivity contribution in [3.8, 4) is 0 Å². The molecule has 0 bridgehead atoms. The van der Waals surface area contributed by atoms with Crippen LogP contribution in [0.4, 0.5) is 11.4 Å². The molecule has 0 saturated carbocycles. The van der Waals surface area contributed by atoms with Gasteiger partial charge in [-0.2, -0.15) is 5.10 Å². The maximum absolute atomic E-state index is 12.3. The van der Waals surface area contributed by atoms with Gasteiger partial charge in [0.1, 0.15) is 5.71 Å². The Kier molecular flexibility index (Phi) is 5.02. The van der Waals surface area contributed by atoms with E-state index in [0.29, 0.717) is 23.4 Å². The summed E-state index contributed by atoms with van der Waals surface area (Å²) in [5.74, 6) is -0.792. The first-order valence-electron chi connectivity index (χ1n) is 8.00. The van der Waals surface area contributed by atoms with E-state index < -0.39 is 0 Å². The predicted octanol–water partition coefficient (Wildman–Crippen LogP) is 1.88. The number of hydrogen-bond acceptors (Lipinski definition) is 5. The Bertz CT molecular complexity index is 879. The fourth-order valence-corrected chi connectivity index (χ4v) is 2.41. The molecule has 2 N–H and O–H groups in total. The van der Waals surface area contributed by atoms with Crippen LogP contribution >= 0.6 is 0 Å². The lowest BCUT2D eigenvalue weighted by molar-refractivity contribution is -0.130. The fourth-order valence-electron chi connectivity index (χ4n) is 2.41. The summed E-state index contributed by atoms with van der Waals surface area (Å²) in [6, 6.07) is 10.1. The van der Waals surface area contributed by atoms with Crippen LogP contribution in [0.1, 0.15) is 23.2 Å². The summed E-state index contributed by atoms with van der Waals surface area (Å²) >= 11 is 0. The maximum atomic E-state index is 12.3. The molecule has 1 aliphatic rings. The third kappa shape index (κ3) is 4.10. The van der Waals surface area contributed by atoms with Gasteiger partial charge in [0.25, 0.3) is 11.8 Å². The molecule has 0 fully saturated rings. The van der Waals surface area contributed by atoms with E-state index >= 15 is 0 Å². The van der Waals surface area contributed by atoms with Gasteiger partial charge in [-0.3, -0.25) is 19.4 Å². The number of hydrogen-bond donors (Lipinski definition) is 2. The first kappa shape index (κ1) is 17.3. The summed E-state index contributed by atoms with van der Waals surface area (Å²) in [5, 5.41) is 10.6. The highest BCUT2D eigenvalue weighted by molar-refractivity contribution is 6.43. The predicted molar refractivity (Wildman–Crippen MR) is 96.7 cm³/mol. The van der Waals surface area contributed by atoms with Crippen molar-refractivity contribution in [1.29, 1.82) is 0 Å². The molecule has 1 aromatic heterocycles. The summed E-state index contributed by atoms with van der Waals surface area (Å²) in [6.45, 7) is 0. The average Bonchev–Trinajstić information content (AvgIpc) is 2.65. The van der Waals surface area contributed by atoms with Gasteiger partial charge in [0.05, 0.1) is 5.56 Å². The minimum Gasteiger partial charge on any atom is -0.322 e. The molecule has 0 unspecified atom stereocenters. The molecule has 2 heterocycles. The van der Waals surface area contributed by atoms with Crippen molar-refractivity contribution >= 4 is 34.8 Å². The van der Waals surface area contributed by atoms with Crippen LogP contribution in [0.3, 0.4) is 0 Å². The zero-order valence-corrected chi connectivity index (χ0v) is 14.1. The lowest BCUT2D eigenvalue weighted by Crippen LogP contribution is -2.34. The molecular formula is C18H17N5O3. The highest BCUT2D eigenvalue weighted by Gasteiger charge is 2.22. The Morgan fingerprint density at radius 3 is 2.42 bits per heavy atom. The Labute approximate surface area is 149 Å². The van der Waals surface area contributed by atoms with Crippen LogP contribution in [0.15, 0.2) is 53.9 Å². The second kappa shape index (κ2) is 7.56. The summed E-state index contributed by atoms with van der Waals surface area (Å²) in [4.78, 5) is 39.8. The standard InChI is InChI=1S/C18H17N5O3/c1-23-16(24)8-7-15(22-23)18(26)21-14-6-2-5-13(10-14)20-17(25)12-4-3-9-19-11-12/h2-6,9-11H,7-8H2,1H3,(H,20,25)(H,21,26). The quantitative estimate of drug-likeness (QED) is 0.877. The molecule has 2 aromatic rings. The number of benzene rings is 1. The SMILES string of the molecule is CN1N=C(C(=O)Nc2cccc(NC(=O)c3cccnc3)c2)CCC1=O. The number of nitrogens with one attached hydrogen (secondary N) is 2. The second-order valence-electron chi connectivity index (χ2n) is 5.69. The number of carbonyl (C=O) groups excluding carboxylic acids is 3. The van der Waals surface area contributed by atoms with E-state index in [2.05, 4.69) is 20.7 Å². The highest BCUT2D eigenvalue weighted by Crippen LogP contribution is 2.17. The topological polar surface area (TPSA) is 104 Å². The molecule has 1 aromatic carbocycles. The van der Waals surface area contributed by atoms with Crippen LogP contribution in [0.5, 0.6) is 0 Å². The number of nitrogens with zero attached hydrogens (tertiary/aromatic N) is 3. The van der Waals surface area contributed by atoms with E-state index in [1.807, 2.05) is 0 Å². The third-order valence-electron chi connectivity index (χ3n) is 3.77. The van der Waals surface area contributed by atoms with Gasteiger partial charge in [0, 0.05) is 43.7 Å². The van der Waals surface area contributed by atoms with Gasteiger partial charge < -0.3 is 10.6 Å². The monoisotopic (exact) mass is 351 g/mol. The summed E-state index contributed by atoms with van der Waals surface area (Å²) in [7, 11) is 1.52. The van der Waals surface area contributed by atoms with Gasteiger partial charge in [-0.1, -0.05) is 6.07 Å². The first-order valence-corrected chi connectivity index (χ1v) is 8.00. The van der Waals surface area contributed by atoms with Gasteiger partial charge >= 0.3 is 0 Å². The second-order valence-corrected chi connectivity index (χ2v) is 5.69. The maximum Gasteiger partial charge on any atom is 0.271 e. The fraction of sp³-hybridized carbons (Fsp3) is 0.167. The normalized spacial score (nSPS) is 13.8. The van der Waals surface area contributed by atoms with Gasteiger partial charge in [-0.25, -0.2) is 5.01 Å². The number of anilines is 2. The van der Waals surface area contributed by atoms with Crippen LogP contribution in [0.2, 0.25) is 0 Å². The van der Waals surface area contributed by atoms with Gasteiger partial charge in [0.2, 0.25) is 5.91 Å². The molecular weight excluding hydrogens is 334 g/mol. The molecule has 8 heteroatoms. The van der Waals surface area contributed by atoms with Crippen molar-refractivity contribution in [1.82, 2.24) is 9.99 Å². The Balaban J connectivity index is 1.68. The number of amides is 3. The highest BCUT2D eigenvalue weighted by atomic mass is 16.2. The summed E-state index contributed by atoms with van der Waals surface area (Å²) < 4.78 is 0. The van der Waals surface area contributed by atoms with Crippen LogP contribution in [0.25, 0.3) is 0 Å². The van der Waals surface area contributed by atoms with Crippen LogP contribution in [-0.4, -0.2) is 40.5 Å². The first-order chi connectivity index (χ1) is 12.5. The molecule has 3 amide bonds. The van der Waals surface area contributed by atoms with Crippen LogP contribution in [0, 0.1) is 0 Å². The molecule has 26 heavy (non-hydrogen) atoms. The molecule has 0 saturated heterocycles. The van der Waals surface area contributed by atoms with E-state index in [4.69, 9.17) is 0 Å². The zero-order valence-electron chi connectivity index (χ0n) is 14.1. The Morgan fingerprint density at radius 2 is 1.77 bits per heavy atom. The van der Waals surface area contributed by atoms with E-state index in [0.717, 1.165) is 0 Å². The van der Waals surface area contributed by atoms with E-state index in [1.165, 1.54) is 18.3 Å². The van der Waals surface area contributed by atoms with Crippen molar-refractivity contribution in [2.45, 2.75) is 12.8 Å². The minimum atomic E-state index is -0.375. The van der Waals surface area contributed by atoms with Gasteiger partial charge in [0.15, 0.2) is 0 Å². The molecule has 3 rings (SSSR count). The number of pyridine rings is 1. The molecule has 8 nitrogen and oxygen atoms in total. The van der Waals surface area contributed by atoms with Gasteiger partial charge in [-0.15, -0.1) is 0 Å². The molecule has 0 radical (unpaired) electrons. The smallest absolute Gasteiger partial charge is 0.271 e. The van der Waals surface area contributed by atoms with E-state index in [-0.39, 0.29) is 29.9 Å². The van der Waals surface area contributed by atoms with Crippen LogP contribution in [-0.2, 0) is 9.59 Å². The molecule has 132 valence electrons. The minimum absolute atomic E-state index is 0.123. The number of hydrazone groups is 1. The average molecular weight is 351 g/mol. The number of rotatable bonds is 4. The van der Waals surface area contributed by atoms with Crippen LogP contribution < -0.4 is 10.6 Å². The lowest BCUT2D eigenvalue weighted by atomic mass is 10.1. The molecule has 0 spiro atoms. The summed E-state index contributed by atoms with van der Waals surface area (Å²) in [5.41, 5.74) is 1.78. The lowest BCUT2D eigenvalue weighted by Gasteiger charge is -2.19. The van der Waals surface area contributed by atoms with E-state index in [1.54, 1.807) is 42.6 Å². The van der Waals surface area contributed by atoms with Crippen molar-refractivity contribution in [3.05, 3.63) is 54.4 Å². The number of carbonyl (C=O) groups is 3. The Hall–Kier alpha value is -3.55. The molecule has 0 atom stereocenters. The Morgan fingerprint density at radius 1 is 1.04 bits per heavy atom. The molecule has 1 aliphatic heterocycles. The van der Waals surface area contributed by atoms with Crippen molar-refractivity contribution in [2.24, 2.45) is 5.10 Å².